The molecule has 2 heterocycles. The van der Waals surface area contributed by atoms with Crippen molar-refractivity contribution >= 4 is 11.6 Å². The predicted molar refractivity (Wildman–Crippen MR) is 106 cm³/mol. The summed E-state index contributed by atoms with van der Waals surface area (Å²) >= 11 is 0. The molecule has 6 nitrogen and oxygen atoms in total. The Morgan fingerprint density at radius 1 is 1.07 bits per heavy atom. The topological polar surface area (TPSA) is 63.9 Å². The summed E-state index contributed by atoms with van der Waals surface area (Å²) in [7, 11) is 3.22. The lowest BCUT2D eigenvalue weighted by Gasteiger charge is -2.46. The van der Waals surface area contributed by atoms with Gasteiger partial charge in [0.1, 0.15) is 22.9 Å². The minimum atomic E-state index is -0.851. The number of rotatable bonds is 5. The Kier molecular flexibility index (Phi) is 4.47. The molecule has 4 rings (SSSR count). The van der Waals surface area contributed by atoms with Crippen LogP contribution in [0.25, 0.3) is 0 Å². The van der Waals surface area contributed by atoms with E-state index in [0.29, 0.717) is 29.4 Å². The molecule has 1 aliphatic rings. The summed E-state index contributed by atoms with van der Waals surface area (Å²) in [6, 6.07) is 16.8. The van der Waals surface area contributed by atoms with Gasteiger partial charge in [-0.2, -0.15) is 0 Å². The molecule has 0 saturated carbocycles. The Labute approximate surface area is 163 Å². The molecule has 6 heteroatoms. The number of fused-ring (bicyclic) bond motifs is 1. The summed E-state index contributed by atoms with van der Waals surface area (Å²) in [5.74, 6) is 1.94. The van der Waals surface area contributed by atoms with E-state index in [2.05, 4.69) is 5.32 Å². The summed E-state index contributed by atoms with van der Waals surface area (Å²) in [6.07, 6.45) is 1.61. The molecule has 0 saturated heterocycles. The second kappa shape index (κ2) is 6.96. The molecule has 0 radical (unpaired) electrons. The lowest BCUT2D eigenvalue weighted by atomic mass is 9.92. The van der Waals surface area contributed by atoms with Crippen LogP contribution in [0.1, 0.15) is 28.6 Å². The van der Waals surface area contributed by atoms with Crippen molar-refractivity contribution in [1.82, 2.24) is 4.90 Å². The average Bonchev–Trinajstić information content (AvgIpc) is 3.24. The van der Waals surface area contributed by atoms with Crippen molar-refractivity contribution in [2.45, 2.75) is 19.1 Å². The fraction of sp³-hybridized carbons (Fsp3) is 0.227. The monoisotopic (exact) mass is 378 g/mol. The number of carbonyl (C=O) groups excluding carboxylic acids is 1. The molecule has 28 heavy (non-hydrogen) atoms. The first-order valence-electron chi connectivity index (χ1n) is 9.01. The number of nitrogens with zero attached hydrogens (tertiary/aromatic N) is 1. The van der Waals surface area contributed by atoms with E-state index >= 15 is 0 Å². The molecular weight excluding hydrogens is 356 g/mol. The number of ether oxygens (including phenoxy) is 2. The van der Waals surface area contributed by atoms with Crippen molar-refractivity contribution in [1.29, 1.82) is 0 Å². The van der Waals surface area contributed by atoms with Gasteiger partial charge in [0.25, 0.3) is 5.91 Å². The van der Waals surface area contributed by atoms with E-state index in [1.54, 1.807) is 25.4 Å². The molecule has 0 bridgehead atoms. The summed E-state index contributed by atoms with van der Waals surface area (Å²) in [4.78, 5) is 15.2. The van der Waals surface area contributed by atoms with Crippen molar-refractivity contribution in [3.63, 3.8) is 0 Å². The third-order valence-corrected chi connectivity index (χ3v) is 5.15. The molecule has 1 amide bonds. The molecule has 0 aliphatic carbocycles. The molecule has 1 N–H and O–H groups in total. The number of methoxy groups -OCH3 is 2. The zero-order valence-electron chi connectivity index (χ0n) is 16.1. The number of anilines is 1. The minimum Gasteiger partial charge on any atom is -0.497 e. The number of hydrogen-bond acceptors (Lipinski definition) is 5. The smallest absolute Gasteiger partial charge is 0.258 e. The maximum absolute atomic E-state index is 13.4. The van der Waals surface area contributed by atoms with E-state index in [0.717, 1.165) is 11.3 Å². The van der Waals surface area contributed by atoms with Gasteiger partial charge in [-0.3, -0.25) is 4.79 Å². The standard InChI is InChI=1S/C22H22N2O4/c1-22(18-11-10-15(26-2)13-20(18)27-3)23-19-9-5-4-8-17(19)21(25)24(22)14-16-7-6-12-28-16/h4-13,23H,14H2,1-3H3. The highest BCUT2D eigenvalue weighted by Gasteiger charge is 2.44. The average molecular weight is 378 g/mol. The molecular formula is C22H22N2O4. The zero-order valence-corrected chi connectivity index (χ0v) is 16.1. The van der Waals surface area contributed by atoms with Crippen LogP contribution in [0.5, 0.6) is 11.5 Å². The van der Waals surface area contributed by atoms with Crippen LogP contribution in [-0.2, 0) is 12.2 Å². The molecule has 0 spiro atoms. The maximum Gasteiger partial charge on any atom is 0.258 e. The van der Waals surface area contributed by atoms with Crippen LogP contribution in [0, 0.1) is 0 Å². The number of para-hydroxylation sites is 1. The number of furan rings is 1. The minimum absolute atomic E-state index is 0.0777. The van der Waals surface area contributed by atoms with E-state index in [1.165, 1.54) is 0 Å². The van der Waals surface area contributed by atoms with Gasteiger partial charge in [-0.25, -0.2) is 0 Å². The first-order chi connectivity index (χ1) is 13.6. The van der Waals surface area contributed by atoms with Crippen molar-refractivity contribution in [3.05, 3.63) is 77.7 Å². The van der Waals surface area contributed by atoms with Crippen LogP contribution >= 0.6 is 0 Å². The second-order valence-corrected chi connectivity index (χ2v) is 6.78. The fourth-order valence-corrected chi connectivity index (χ4v) is 3.66. The van der Waals surface area contributed by atoms with Gasteiger partial charge in [-0.15, -0.1) is 0 Å². The van der Waals surface area contributed by atoms with E-state index in [9.17, 15) is 4.79 Å². The number of hydrogen-bond donors (Lipinski definition) is 1. The third kappa shape index (κ3) is 2.87. The highest BCUT2D eigenvalue weighted by atomic mass is 16.5. The van der Waals surface area contributed by atoms with Gasteiger partial charge in [-0.05, 0) is 43.3 Å². The lowest BCUT2D eigenvalue weighted by Crippen LogP contribution is -2.55. The number of carbonyl (C=O) groups is 1. The van der Waals surface area contributed by atoms with Crippen LogP contribution in [0.3, 0.4) is 0 Å². The second-order valence-electron chi connectivity index (χ2n) is 6.78. The van der Waals surface area contributed by atoms with Gasteiger partial charge in [-0.1, -0.05) is 12.1 Å². The summed E-state index contributed by atoms with van der Waals surface area (Å²) in [6.45, 7) is 2.28. The predicted octanol–water partition coefficient (Wildman–Crippen LogP) is 4.24. The van der Waals surface area contributed by atoms with E-state index in [-0.39, 0.29) is 5.91 Å². The molecule has 1 aromatic heterocycles. The number of benzene rings is 2. The largest absolute Gasteiger partial charge is 0.497 e. The van der Waals surface area contributed by atoms with Gasteiger partial charge >= 0.3 is 0 Å². The number of amides is 1. The Hall–Kier alpha value is -3.41. The van der Waals surface area contributed by atoms with E-state index < -0.39 is 5.66 Å². The molecule has 3 aromatic rings. The van der Waals surface area contributed by atoms with Crippen LogP contribution in [-0.4, -0.2) is 25.0 Å². The van der Waals surface area contributed by atoms with Gasteiger partial charge in [0.05, 0.1) is 32.6 Å². The van der Waals surface area contributed by atoms with Crippen molar-refractivity contribution in [2.24, 2.45) is 0 Å². The van der Waals surface area contributed by atoms with Crippen molar-refractivity contribution < 1.29 is 18.7 Å². The first-order valence-corrected chi connectivity index (χ1v) is 9.01. The van der Waals surface area contributed by atoms with Gasteiger partial charge in [0, 0.05) is 17.3 Å². The zero-order chi connectivity index (χ0) is 19.7. The number of nitrogens with one attached hydrogen (secondary N) is 1. The molecule has 144 valence electrons. The summed E-state index contributed by atoms with van der Waals surface area (Å²) in [5, 5.41) is 3.54. The highest BCUT2D eigenvalue weighted by molar-refractivity contribution is 6.02. The summed E-state index contributed by atoms with van der Waals surface area (Å²) in [5.41, 5.74) is 1.38. The van der Waals surface area contributed by atoms with Crippen LogP contribution in [0.2, 0.25) is 0 Å². The van der Waals surface area contributed by atoms with E-state index in [1.807, 2.05) is 61.5 Å². The van der Waals surface area contributed by atoms with Gasteiger partial charge in [0.2, 0.25) is 0 Å². The molecule has 1 aliphatic heterocycles. The molecule has 2 aromatic carbocycles. The van der Waals surface area contributed by atoms with Gasteiger partial charge < -0.3 is 24.1 Å². The Morgan fingerprint density at radius 2 is 1.89 bits per heavy atom. The summed E-state index contributed by atoms with van der Waals surface area (Å²) < 4.78 is 16.5. The molecule has 1 unspecified atom stereocenters. The SMILES string of the molecule is COc1ccc(C2(C)Nc3ccccc3C(=O)N2Cc2ccco2)c(OC)c1. The Morgan fingerprint density at radius 3 is 2.61 bits per heavy atom. The molecule has 1 atom stereocenters. The van der Waals surface area contributed by atoms with Crippen LogP contribution in [0.15, 0.2) is 65.3 Å². The lowest BCUT2D eigenvalue weighted by molar-refractivity contribution is 0.0482. The van der Waals surface area contributed by atoms with Crippen LogP contribution in [0.4, 0.5) is 5.69 Å². The third-order valence-electron chi connectivity index (χ3n) is 5.15. The van der Waals surface area contributed by atoms with Crippen molar-refractivity contribution in [3.8, 4) is 11.5 Å². The highest BCUT2D eigenvalue weighted by Crippen LogP contribution is 2.43. The van der Waals surface area contributed by atoms with Crippen molar-refractivity contribution in [2.75, 3.05) is 19.5 Å². The van der Waals surface area contributed by atoms with E-state index in [4.69, 9.17) is 13.9 Å². The Balaban J connectivity index is 1.87. The first kappa shape index (κ1) is 18.0. The fourth-order valence-electron chi connectivity index (χ4n) is 3.66. The molecule has 0 fully saturated rings. The maximum atomic E-state index is 13.4. The van der Waals surface area contributed by atoms with Gasteiger partial charge in [0.15, 0.2) is 0 Å². The quantitative estimate of drug-likeness (QED) is 0.720. The van der Waals surface area contributed by atoms with Crippen LogP contribution < -0.4 is 14.8 Å². The Bertz CT molecular complexity index is 1000. The normalized spacial score (nSPS) is 18.4.